The number of nitrogens with one attached hydrogen (secondary N) is 4. The second kappa shape index (κ2) is 14.1. The fraction of sp³-hybridized carbons (Fsp3) is 0.250. The van der Waals surface area contributed by atoms with Crippen LogP contribution in [0.1, 0.15) is 37.9 Å². The molecule has 0 aliphatic carbocycles. The molecule has 3 aromatic rings. The number of anilines is 1. The minimum absolute atomic E-state index is 0.0495. The van der Waals surface area contributed by atoms with Crippen LogP contribution in [-0.2, 0) is 19.6 Å². The molecule has 0 saturated carbocycles. The topological polar surface area (TPSA) is 182 Å². The minimum Gasteiger partial charge on any atom is -0.490 e. The number of alkyl halides is 3. The third kappa shape index (κ3) is 8.84. The molecular formula is C28H30F3N5O7S. The van der Waals surface area contributed by atoms with Gasteiger partial charge in [0, 0.05) is 11.8 Å². The van der Waals surface area contributed by atoms with E-state index in [0.717, 1.165) is 12.1 Å². The molecule has 3 aromatic carbocycles. The maximum Gasteiger partial charge on any atom is 0.491 e. The largest absolute Gasteiger partial charge is 0.491 e. The van der Waals surface area contributed by atoms with Crippen LogP contribution in [-0.4, -0.2) is 45.0 Å². The number of rotatable bonds is 13. The van der Waals surface area contributed by atoms with E-state index >= 15 is 0 Å². The summed E-state index contributed by atoms with van der Waals surface area (Å²) in [5.74, 6) is -4.26. The van der Waals surface area contributed by atoms with Crippen molar-refractivity contribution in [3.8, 4) is 17.2 Å². The quantitative estimate of drug-likeness (QED) is 0.0612. The van der Waals surface area contributed by atoms with E-state index in [2.05, 4.69) is 15.5 Å². The normalized spacial score (nSPS) is 12.2. The van der Waals surface area contributed by atoms with Crippen LogP contribution in [0, 0.1) is 5.41 Å². The molecule has 6 N–H and O–H groups in total. The SMILES string of the molecule is CCOc1cc(C(Nc2ccc(C(=N)N)c(OC(=O)C(F)(F)F)c2)C(=O)NNS(=O)(=O)c2ccccc2)ccc1OC(C)C. The lowest BCUT2D eigenvalue weighted by atomic mass is 10.0. The van der Waals surface area contributed by atoms with Gasteiger partial charge in [0.25, 0.3) is 15.9 Å². The summed E-state index contributed by atoms with van der Waals surface area (Å²) in [7, 11) is -4.19. The minimum atomic E-state index is -5.34. The van der Waals surface area contributed by atoms with Crippen LogP contribution in [0.5, 0.6) is 17.2 Å². The summed E-state index contributed by atoms with van der Waals surface area (Å²) in [6, 6.07) is 13.6. The number of amidine groups is 1. The maximum atomic E-state index is 13.5. The summed E-state index contributed by atoms with van der Waals surface area (Å²) in [6.07, 6.45) is -5.56. The molecule has 1 unspecified atom stereocenters. The Morgan fingerprint density at radius 3 is 2.25 bits per heavy atom. The fourth-order valence-corrected chi connectivity index (χ4v) is 4.58. The van der Waals surface area contributed by atoms with E-state index in [-0.39, 0.29) is 40.2 Å². The second-order valence-electron chi connectivity index (χ2n) is 9.30. The number of hydrogen-bond donors (Lipinski definition) is 5. The van der Waals surface area contributed by atoms with Crippen LogP contribution in [0.2, 0.25) is 0 Å². The van der Waals surface area contributed by atoms with Gasteiger partial charge in [-0.3, -0.25) is 15.6 Å². The van der Waals surface area contributed by atoms with Crippen molar-refractivity contribution < 1.29 is 45.4 Å². The molecule has 3 rings (SSSR count). The monoisotopic (exact) mass is 637 g/mol. The van der Waals surface area contributed by atoms with E-state index in [4.69, 9.17) is 20.6 Å². The number of ether oxygens (including phenoxy) is 3. The Hall–Kier alpha value is -4.83. The van der Waals surface area contributed by atoms with Crippen LogP contribution < -0.4 is 35.5 Å². The zero-order valence-electron chi connectivity index (χ0n) is 23.7. The van der Waals surface area contributed by atoms with Crippen LogP contribution in [0.25, 0.3) is 0 Å². The first-order chi connectivity index (χ1) is 20.6. The van der Waals surface area contributed by atoms with Gasteiger partial charge in [-0.25, -0.2) is 13.2 Å². The number of nitrogens with two attached hydrogens (primary N) is 1. The second-order valence-corrected chi connectivity index (χ2v) is 11.0. The van der Waals surface area contributed by atoms with Gasteiger partial charge < -0.3 is 25.3 Å². The molecule has 0 heterocycles. The molecule has 0 aromatic heterocycles. The van der Waals surface area contributed by atoms with Crippen molar-refractivity contribution in [3.05, 3.63) is 77.9 Å². The van der Waals surface area contributed by atoms with Crippen LogP contribution in [0.3, 0.4) is 0 Å². The smallest absolute Gasteiger partial charge is 0.490 e. The van der Waals surface area contributed by atoms with Gasteiger partial charge in [0.1, 0.15) is 17.6 Å². The summed E-state index contributed by atoms with van der Waals surface area (Å²) in [6.45, 7) is 5.56. The van der Waals surface area contributed by atoms with Gasteiger partial charge in [-0.15, -0.1) is 4.83 Å². The highest BCUT2D eigenvalue weighted by molar-refractivity contribution is 7.89. The van der Waals surface area contributed by atoms with Gasteiger partial charge in [-0.2, -0.15) is 13.2 Å². The van der Waals surface area contributed by atoms with E-state index in [1.165, 1.54) is 48.5 Å². The number of benzene rings is 3. The zero-order chi connectivity index (χ0) is 32.7. The Kier molecular flexibility index (Phi) is 10.8. The molecule has 44 heavy (non-hydrogen) atoms. The molecule has 0 bridgehead atoms. The van der Waals surface area contributed by atoms with Crippen molar-refractivity contribution in [2.45, 2.75) is 44.0 Å². The lowest BCUT2D eigenvalue weighted by Crippen LogP contribution is -2.45. The maximum absolute atomic E-state index is 13.5. The zero-order valence-corrected chi connectivity index (χ0v) is 24.5. The van der Waals surface area contributed by atoms with Gasteiger partial charge in [0.15, 0.2) is 11.5 Å². The van der Waals surface area contributed by atoms with Crippen molar-refractivity contribution in [2.75, 3.05) is 11.9 Å². The molecule has 1 atom stereocenters. The third-order valence-corrected chi connectivity index (χ3v) is 6.87. The molecule has 16 heteroatoms. The predicted octanol–water partition coefficient (Wildman–Crippen LogP) is 3.79. The third-order valence-electron chi connectivity index (χ3n) is 5.60. The average Bonchev–Trinajstić information content (AvgIpc) is 2.95. The lowest BCUT2D eigenvalue weighted by Gasteiger charge is -2.23. The number of esters is 1. The number of carbonyl (C=O) groups is 2. The predicted molar refractivity (Wildman–Crippen MR) is 154 cm³/mol. The first-order valence-corrected chi connectivity index (χ1v) is 14.4. The Morgan fingerprint density at radius 1 is 0.977 bits per heavy atom. The molecule has 0 fully saturated rings. The van der Waals surface area contributed by atoms with Gasteiger partial charge >= 0.3 is 12.1 Å². The van der Waals surface area contributed by atoms with Crippen LogP contribution in [0.15, 0.2) is 71.6 Å². The molecule has 1 amide bonds. The highest BCUT2D eigenvalue weighted by atomic mass is 32.2. The lowest BCUT2D eigenvalue weighted by molar-refractivity contribution is -0.189. The molecular weight excluding hydrogens is 607 g/mol. The highest BCUT2D eigenvalue weighted by Crippen LogP contribution is 2.34. The van der Waals surface area contributed by atoms with Gasteiger partial charge in [-0.1, -0.05) is 24.3 Å². The standard InChI is InChI=1S/C28H30F3N5O7S/c1-4-41-23-14-17(10-13-21(23)42-16(2)3)24(26(37)35-36-44(39,40)19-8-6-5-7-9-19)34-18-11-12-20(25(32)33)22(15-18)43-27(38)28(29,30)31/h5-16,24,34,36H,4H2,1-3H3,(H3,32,33)(H,35,37). The molecule has 0 saturated heterocycles. The van der Waals surface area contributed by atoms with Crippen molar-refractivity contribution in [1.29, 1.82) is 5.41 Å². The summed E-state index contributed by atoms with van der Waals surface area (Å²) >= 11 is 0. The summed E-state index contributed by atoms with van der Waals surface area (Å²) in [4.78, 5) is 26.9. The van der Waals surface area contributed by atoms with E-state index in [0.29, 0.717) is 5.75 Å². The van der Waals surface area contributed by atoms with Gasteiger partial charge in [0.05, 0.1) is 23.2 Å². The van der Waals surface area contributed by atoms with Crippen molar-refractivity contribution in [3.63, 3.8) is 0 Å². The van der Waals surface area contributed by atoms with Crippen molar-refractivity contribution >= 4 is 33.4 Å². The van der Waals surface area contributed by atoms with Gasteiger partial charge in [-0.05, 0) is 62.7 Å². The molecule has 236 valence electrons. The number of sulfonamides is 1. The fourth-order valence-electron chi connectivity index (χ4n) is 3.72. The Morgan fingerprint density at radius 2 is 1.66 bits per heavy atom. The number of nitrogen functional groups attached to an aromatic ring is 1. The van der Waals surface area contributed by atoms with E-state index in [1.54, 1.807) is 26.8 Å². The summed E-state index contributed by atoms with van der Waals surface area (Å²) < 4.78 is 80.1. The average molecular weight is 638 g/mol. The summed E-state index contributed by atoms with van der Waals surface area (Å²) in [5, 5.41) is 10.4. The summed E-state index contributed by atoms with van der Waals surface area (Å²) in [5.41, 5.74) is 7.44. The number of halogens is 3. The van der Waals surface area contributed by atoms with E-state index in [1.807, 2.05) is 4.83 Å². The molecule has 0 aliphatic heterocycles. The Labute approximate surface area is 251 Å². The molecule has 0 aliphatic rings. The number of hydrazine groups is 1. The van der Waals surface area contributed by atoms with E-state index in [9.17, 15) is 31.2 Å². The van der Waals surface area contributed by atoms with Crippen LogP contribution >= 0.6 is 0 Å². The first kappa shape index (κ1) is 33.7. The van der Waals surface area contributed by atoms with Crippen LogP contribution in [0.4, 0.5) is 18.9 Å². The first-order valence-electron chi connectivity index (χ1n) is 13.0. The number of carbonyl (C=O) groups excluding carboxylic acids is 2. The van der Waals surface area contributed by atoms with Gasteiger partial charge in [0.2, 0.25) is 0 Å². The number of amides is 1. The van der Waals surface area contributed by atoms with E-state index < -0.39 is 45.7 Å². The van der Waals surface area contributed by atoms with Crippen molar-refractivity contribution in [1.82, 2.24) is 10.3 Å². The molecule has 0 radical (unpaired) electrons. The van der Waals surface area contributed by atoms with Crippen molar-refractivity contribution in [2.24, 2.45) is 5.73 Å². The molecule has 0 spiro atoms. The molecule has 12 nitrogen and oxygen atoms in total. The number of hydrogen-bond acceptors (Lipinski definition) is 9. The highest BCUT2D eigenvalue weighted by Gasteiger charge is 2.42. The Balaban J connectivity index is 2.03. The Bertz CT molecular complexity index is 1620.